The molecule has 0 aromatic heterocycles. The molecule has 2 aliphatic rings. The standard InChI is InChI=1S/C11H18N2O2/c1-3-13-9(14)6-8(10(13)15)12-7-11(2)4-5-11/h8,12H,3-7H2,1-2H3. The molecule has 0 aromatic rings. The number of likely N-dealkylation sites (N-methyl/N-ethyl adjacent to an activating group) is 1. The summed E-state index contributed by atoms with van der Waals surface area (Å²) >= 11 is 0. The average Bonchev–Trinajstić information content (AvgIpc) is 2.85. The molecule has 1 N–H and O–H groups in total. The van der Waals surface area contributed by atoms with E-state index in [-0.39, 0.29) is 17.9 Å². The van der Waals surface area contributed by atoms with Crippen LogP contribution in [-0.4, -0.2) is 35.8 Å². The molecule has 2 rings (SSSR count). The Morgan fingerprint density at radius 3 is 2.60 bits per heavy atom. The molecule has 2 amide bonds. The molecule has 0 aromatic carbocycles. The summed E-state index contributed by atoms with van der Waals surface area (Å²) in [4.78, 5) is 24.5. The Morgan fingerprint density at radius 2 is 2.13 bits per heavy atom. The van der Waals surface area contributed by atoms with E-state index >= 15 is 0 Å². The summed E-state index contributed by atoms with van der Waals surface area (Å²) in [6, 6.07) is -0.269. The molecule has 1 heterocycles. The molecule has 84 valence electrons. The van der Waals surface area contributed by atoms with Crippen LogP contribution >= 0.6 is 0 Å². The van der Waals surface area contributed by atoms with Crippen molar-refractivity contribution >= 4 is 11.8 Å². The number of hydrogen-bond acceptors (Lipinski definition) is 3. The molecule has 1 saturated carbocycles. The minimum absolute atomic E-state index is 0.0408. The molecule has 0 radical (unpaired) electrons. The van der Waals surface area contributed by atoms with Gasteiger partial charge < -0.3 is 5.32 Å². The van der Waals surface area contributed by atoms with Crippen LogP contribution in [0.3, 0.4) is 0 Å². The lowest BCUT2D eigenvalue weighted by Crippen LogP contribution is -2.40. The molecule has 15 heavy (non-hydrogen) atoms. The van der Waals surface area contributed by atoms with E-state index in [0.29, 0.717) is 18.4 Å². The molecule has 1 unspecified atom stereocenters. The summed E-state index contributed by atoms with van der Waals surface area (Å²) < 4.78 is 0. The van der Waals surface area contributed by atoms with Crippen molar-refractivity contribution in [3.05, 3.63) is 0 Å². The van der Waals surface area contributed by atoms with Crippen LogP contribution < -0.4 is 5.32 Å². The van der Waals surface area contributed by atoms with Gasteiger partial charge >= 0.3 is 0 Å². The number of carbonyl (C=O) groups excluding carboxylic acids is 2. The van der Waals surface area contributed by atoms with Gasteiger partial charge in [0.05, 0.1) is 12.5 Å². The van der Waals surface area contributed by atoms with Gasteiger partial charge in [0.25, 0.3) is 0 Å². The first-order chi connectivity index (χ1) is 7.06. The number of rotatable bonds is 4. The first-order valence-electron chi connectivity index (χ1n) is 5.63. The van der Waals surface area contributed by atoms with Crippen molar-refractivity contribution in [2.45, 2.75) is 39.2 Å². The zero-order valence-electron chi connectivity index (χ0n) is 9.38. The topological polar surface area (TPSA) is 49.4 Å². The van der Waals surface area contributed by atoms with Crippen LogP contribution in [0.1, 0.15) is 33.1 Å². The van der Waals surface area contributed by atoms with Crippen molar-refractivity contribution in [3.63, 3.8) is 0 Å². The van der Waals surface area contributed by atoms with Gasteiger partial charge in [-0.1, -0.05) is 6.92 Å². The van der Waals surface area contributed by atoms with Gasteiger partial charge in [0.15, 0.2) is 0 Å². The lowest BCUT2D eigenvalue weighted by atomic mass is 10.1. The average molecular weight is 210 g/mol. The molecule has 1 aliphatic carbocycles. The third-order valence-corrected chi connectivity index (χ3v) is 3.44. The Labute approximate surface area is 90.0 Å². The lowest BCUT2D eigenvalue weighted by molar-refractivity contribution is -0.138. The van der Waals surface area contributed by atoms with Crippen LogP contribution in [0.25, 0.3) is 0 Å². The number of hydrogen-bond donors (Lipinski definition) is 1. The van der Waals surface area contributed by atoms with Crippen molar-refractivity contribution in [1.29, 1.82) is 0 Å². The van der Waals surface area contributed by atoms with Gasteiger partial charge in [-0.3, -0.25) is 14.5 Å². The van der Waals surface area contributed by atoms with Crippen molar-refractivity contribution in [3.8, 4) is 0 Å². The SMILES string of the molecule is CCN1C(=O)CC(NCC2(C)CC2)C1=O. The normalized spacial score (nSPS) is 28.7. The maximum Gasteiger partial charge on any atom is 0.246 e. The van der Waals surface area contributed by atoms with E-state index in [4.69, 9.17) is 0 Å². The van der Waals surface area contributed by atoms with E-state index in [1.54, 1.807) is 0 Å². The number of nitrogens with zero attached hydrogens (tertiary/aromatic N) is 1. The first-order valence-corrected chi connectivity index (χ1v) is 5.63. The second kappa shape index (κ2) is 3.59. The Bertz CT molecular complexity index is 297. The van der Waals surface area contributed by atoms with Crippen molar-refractivity contribution < 1.29 is 9.59 Å². The minimum atomic E-state index is -0.269. The molecule has 1 atom stereocenters. The van der Waals surface area contributed by atoms with E-state index in [1.807, 2.05) is 6.92 Å². The fraction of sp³-hybridized carbons (Fsp3) is 0.818. The van der Waals surface area contributed by atoms with Crippen LogP contribution in [0.2, 0.25) is 0 Å². The second-order valence-electron chi connectivity index (χ2n) is 4.92. The highest BCUT2D eigenvalue weighted by Crippen LogP contribution is 2.44. The van der Waals surface area contributed by atoms with Crippen LogP contribution in [0.5, 0.6) is 0 Å². The van der Waals surface area contributed by atoms with E-state index in [0.717, 1.165) is 6.54 Å². The molecular formula is C11H18N2O2. The number of amides is 2. The van der Waals surface area contributed by atoms with Crippen LogP contribution in [-0.2, 0) is 9.59 Å². The number of carbonyl (C=O) groups is 2. The maximum absolute atomic E-state index is 11.7. The van der Waals surface area contributed by atoms with Crippen LogP contribution in [0.4, 0.5) is 0 Å². The molecule has 4 heteroatoms. The van der Waals surface area contributed by atoms with E-state index in [9.17, 15) is 9.59 Å². The quantitative estimate of drug-likeness (QED) is 0.688. The Balaban J connectivity index is 1.88. The monoisotopic (exact) mass is 210 g/mol. The summed E-state index contributed by atoms with van der Waals surface area (Å²) in [5.41, 5.74) is 0.378. The highest BCUT2D eigenvalue weighted by atomic mass is 16.2. The number of nitrogens with one attached hydrogen (secondary N) is 1. The molecule has 4 nitrogen and oxygen atoms in total. The third-order valence-electron chi connectivity index (χ3n) is 3.44. The Hall–Kier alpha value is -0.900. The zero-order valence-corrected chi connectivity index (χ0v) is 9.38. The van der Waals surface area contributed by atoms with Crippen molar-refractivity contribution in [2.24, 2.45) is 5.41 Å². The number of likely N-dealkylation sites (tertiary alicyclic amines) is 1. The summed E-state index contributed by atoms with van der Waals surface area (Å²) in [5, 5.41) is 3.22. The Kier molecular flexibility index (Phi) is 2.54. The molecule has 1 aliphatic heterocycles. The summed E-state index contributed by atoms with van der Waals surface area (Å²) in [7, 11) is 0. The molecule has 0 bridgehead atoms. The van der Waals surface area contributed by atoms with Gasteiger partial charge in [-0.15, -0.1) is 0 Å². The highest BCUT2D eigenvalue weighted by molar-refractivity contribution is 6.05. The van der Waals surface area contributed by atoms with Crippen LogP contribution in [0.15, 0.2) is 0 Å². The molecule has 0 spiro atoms. The fourth-order valence-electron chi connectivity index (χ4n) is 1.93. The minimum Gasteiger partial charge on any atom is -0.305 e. The molecular weight excluding hydrogens is 192 g/mol. The summed E-state index contributed by atoms with van der Waals surface area (Å²) in [6.45, 7) is 5.39. The first kappa shape index (κ1) is 10.6. The summed E-state index contributed by atoms with van der Waals surface area (Å²) in [6.07, 6.45) is 2.79. The molecule has 2 fully saturated rings. The van der Waals surface area contributed by atoms with Crippen molar-refractivity contribution in [2.75, 3.05) is 13.1 Å². The lowest BCUT2D eigenvalue weighted by Gasteiger charge is -2.15. The van der Waals surface area contributed by atoms with Gasteiger partial charge in [0, 0.05) is 13.1 Å². The van der Waals surface area contributed by atoms with Gasteiger partial charge in [-0.25, -0.2) is 0 Å². The largest absolute Gasteiger partial charge is 0.305 e. The zero-order chi connectivity index (χ0) is 11.1. The Morgan fingerprint density at radius 1 is 1.47 bits per heavy atom. The highest BCUT2D eigenvalue weighted by Gasteiger charge is 2.41. The molecule has 1 saturated heterocycles. The number of imide groups is 1. The smallest absolute Gasteiger partial charge is 0.246 e. The van der Waals surface area contributed by atoms with E-state index < -0.39 is 0 Å². The second-order valence-corrected chi connectivity index (χ2v) is 4.92. The van der Waals surface area contributed by atoms with Crippen molar-refractivity contribution in [1.82, 2.24) is 10.2 Å². The predicted molar refractivity (Wildman–Crippen MR) is 56.1 cm³/mol. The van der Waals surface area contributed by atoms with Crippen LogP contribution in [0, 0.1) is 5.41 Å². The van der Waals surface area contributed by atoms with E-state index in [1.165, 1.54) is 17.7 Å². The van der Waals surface area contributed by atoms with Gasteiger partial charge in [-0.05, 0) is 25.2 Å². The summed E-state index contributed by atoms with van der Waals surface area (Å²) in [5.74, 6) is -0.0901. The van der Waals surface area contributed by atoms with Gasteiger partial charge in [0.2, 0.25) is 11.8 Å². The van der Waals surface area contributed by atoms with Gasteiger partial charge in [-0.2, -0.15) is 0 Å². The fourth-order valence-corrected chi connectivity index (χ4v) is 1.93. The predicted octanol–water partition coefficient (Wildman–Crippen LogP) is 0.523. The van der Waals surface area contributed by atoms with E-state index in [2.05, 4.69) is 12.2 Å². The third kappa shape index (κ3) is 2.04. The maximum atomic E-state index is 11.7. The van der Waals surface area contributed by atoms with Gasteiger partial charge in [0.1, 0.15) is 0 Å².